The molecule has 1 heterocycles. The lowest BCUT2D eigenvalue weighted by Gasteiger charge is -2.17. The van der Waals surface area contributed by atoms with Gasteiger partial charge in [-0.05, 0) is 31.0 Å². The molecule has 0 radical (unpaired) electrons. The Balaban J connectivity index is 2.00. The van der Waals surface area contributed by atoms with E-state index in [4.69, 9.17) is 9.57 Å². The number of carbonyl (C=O) groups is 2. The third kappa shape index (κ3) is 4.40. The summed E-state index contributed by atoms with van der Waals surface area (Å²) in [6.07, 6.45) is 0.252. The third-order valence-electron chi connectivity index (χ3n) is 4.14. The molecule has 0 aliphatic carbocycles. The summed E-state index contributed by atoms with van der Waals surface area (Å²) in [5.74, 6) is -1.76. The van der Waals surface area contributed by atoms with Crippen molar-refractivity contribution in [3.05, 3.63) is 59.7 Å². The van der Waals surface area contributed by atoms with Gasteiger partial charge in [0, 0.05) is 5.56 Å². The van der Waals surface area contributed by atoms with Crippen LogP contribution in [0, 0.1) is 5.92 Å². The largest absolute Gasteiger partial charge is 0.461 e. The lowest BCUT2D eigenvalue weighted by atomic mass is 9.87. The Bertz CT molecular complexity index is 1000. The summed E-state index contributed by atoms with van der Waals surface area (Å²) in [6.45, 7) is 1.86. The first kappa shape index (κ1) is 19.6. The number of nitrogens with zero attached hydrogens (tertiary/aromatic N) is 3. The van der Waals surface area contributed by atoms with E-state index >= 15 is 0 Å². The highest BCUT2D eigenvalue weighted by Gasteiger charge is 2.32. The quantitative estimate of drug-likeness (QED) is 0.251. The highest BCUT2D eigenvalue weighted by molar-refractivity contribution is 7.00. The van der Waals surface area contributed by atoms with Crippen molar-refractivity contribution in [2.75, 3.05) is 13.7 Å². The fourth-order valence-corrected chi connectivity index (χ4v) is 3.37. The predicted molar refractivity (Wildman–Crippen MR) is 106 cm³/mol. The number of benzene rings is 2. The average Bonchev–Trinajstić information content (AvgIpc) is 3.19. The zero-order valence-corrected chi connectivity index (χ0v) is 16.3. The van der Waals surface area contributed by atoms with Gasteiger partial charge >= 0.3 is 5.97 Å². The molecular formula is C20H19N3O4S. The summed E-state index contributed by atoms with van der Waals surface area (Å²) in [5, 5.41) is 3.83. The molecule has 7 nitrogen and oxygen atoms in total. The first-order valence-electron chi connectivity index (χ1n) is 8.72. The Kier molecular flexibility index (Phi) is 6.44. The Morgan fingerprint density at radius 1 is 1.11 bits per heavy atom. The fraction of sp³-hybridized carbons (Fsp3) is 0.250. The third-order valence-corrected chi connectivity index (χ3v) is 4.69. The smallest absolute Gasteiger partial charge is 0.356 e. The van der Waals surface area contributed by atoms with Crippen LogP contribution < -0.4 is 0 Å². The molecule has 0 aliphatic heterocycles. The first-order valence-corrected chi connectivity index (χ1v) is 9.45. The Morgan fingerprint density at radius 2 is 1.86 bits per heavy atom. The molecule has 1 aromatic heterocycles. The summed E-state index contributed by atoms with van der Waals surface area (Å²) in [7, 11) is 1.33. The standard InChI is InChI=1S/C20H19N3O4S/c1-3-27-20(25)18(21-26-2)15(19(24)14-7-5-4-6-8-14)11-13-9-10-16-17(12-13)23-28-22-16/h4-10,12,15H,3,11H2,1-2H3. The normalized spacial score (nSPS) is 12.6. The monoisotopic (exact) mass is 397 g/mol. The molecule has 144 valence electrons. The van der Waals surface area contributed by atoms with Gasteiger partial charge in [-0.1, -0.05) is 41.6 Å². The van der Waals surface area contributed by atoms with E-state index in [0.29, 0.717) is 5.56 Å². The van der Waals surface area contributed by atoms with Crippen LogP contribution in [0.15, 0.2) is 53.7 Å². The van der Waals surface area contributed by atoms with Crippen LogP contribution >= 0.6 is 11.7 Å². The number of oxime groups is 1. The van der Waals surface area contributed by atoms with Gasteiger partial charge in [-0.2, -0.15) is 8.75 Å². The van der Waals surface area contributed by atoms with Crippen LogP contribution in [-0.4, -0.2) is 39.9 Å². The molecule has 0 bridgehead atoms. The molecule has 0 fully saturated rings. The molecule has 8 heteroatoms. The molecule has 2 aromatic carbocycles. The molecule has 1 unspecified atom stereocenters. The van der Waals surface area contributed by atoms with Gasteiger partial charge in [0.25, 0.3) is 0 Å². The van der Waals surface area contributed by atoms with Crippen LogP contribution in [0.1, 0.15) is 22.8 Å². The lowest BCUT2D eigenvalue weighted by Crippen LogP contribution is -2.34. The van der Waals surface area contributed by atoms with E-state index < -0.39 is 11.9 Å². The number of hydrogen-bond acceptors (Lipinski definition) is 8. The van der Waals surface area contributed by atoms with Crippen molar-refractivity contribution in [3.63, 3.8) is 0 Å². The molecule has 0 saturated heterocycles. The molecule has 28 heavy (non-hydrogen) atoms. The van der Waals surface area contributed by atoms with Crippen LogP contribution in [0.5, 0.6) is 0 Å². The molecular weight excluding hydrogens is 378 g/mol. The van der Waals surface area contributed by atoms with E-state index in [1.165, 1.54) is 7.11 Å². The van der Waals surface area contributed by atoms with Gasteiger partial charge < -0.3 is 9.57 Å². The van der Waals surface area contributed by atoms with Crippen molar-refractivity contribution in [2.45, 2.75) is 13.3 Å². The maximum atomic E-state index is 13.2. The van der Waals surface area contributed by atoms with E-state index in [2.05, 4.69) is 13.9 Å². The Morgan fingerprint density at radius 3 is 2.57 bits per heavy atom. The van der Waals surface area contributed by atoms with E-state index in [9.17, 15) is 9.59 Å². The molecule has 0 N–H and O–H groups in total. The van der Waals surface area contributed by atoms with E-state index in [1.807, 2.05) is 24.3 Å². The number of ketones is 1. The minimum atomic E-state index is -0.856. The molecule has 0 saturated carbocycles. The fourth-order valence-electron chi connectivity index (χ4n) is 2.85. The van der Waals surface area contributed by atoms with Gasteiger partial charge in [0.15, 0.2) is 11.5 Å². The number of esters is 1. The van der Waals surface area contributed by atoms with Crippen molar-refractivity contribution >= 4 is 40.2 Å². The predicted octanol–water partition coefficient (Wildman–Crippen LogP) is 3.30. The number of aromatic nitrogens is 2. The van der Waals surface area contributed by atoms with Crippen LogP contribution in [0.4, 0.5) is 0 Å². The summed E-state index contributed by atoms with van der Waals surface area (Å²) in [4.78, 5) is 30.5. The summed E-state index contributed by atoms with van der Waals surface area (Å²) >= 11 is 1.12. The van der Waals surface area contributed by atoms with Crippen LogP contribution in [-0.2, 0) is 20.8 Å². The zero-order valence-electron chi connectivity index (χ0n) is 15.5. The van der Waals surface area contributed by atoms with Crippen molar-refractivity contribution < 1.29 is 19.2 Å². The second-order valence-electron chi connectivity index (χ2n) is 5.95. The van der Waals surface area contributed by atoms with Gasteiger partial charge in [0.2, 0.25) is 0 Å². The maximum Gasteiger partial charge on any atom is 0.356 e. The van der Waals surface area contributed by atoms with E-state index in [-0.39, 0.29) is 24.5 Å². The van der Waals surface area contributed by atoms with Crippen molar-refractivity contribution in [2.24, 2.45) is 11.1 Å². The summed E-state index contributed by atoms with van der Waals surface area (Å²) < 4.78 is 13.5. The Labute approximate surface area is 166 Å². The zero-order chi connectivity index (χ0) is 19.9. The second-order valence-corrected chi connectivity index (χ2v) is 6.48. The molecule has 1 atom stereocenters. The minimum absolute atomic E-state index is 0.0605. The number of carbonyl (C=O) groups excluding carboxylic acids is 2. The maximum absolute atomic E-state index is 13.2. The molecule has 0 amide bonds. The van der Waals surface area contributed by atoms with E-state index in [0.717, 1.165) is 28.3 Å². The van der Waals surface area contributed by atoms with Crippen molar-refractivity contribution in [1.82, 2.24) is 8.75 Å². The van der Waals surface area contributed by atoms with Gasteiger partial charge in [-0.25, -0.2) is 4.79 Å². The van der Waals surface area contributed by atoms with Gasteiger partial charge in [-0.3, -0.25) is 4.79 Å². The molecule has 3 rings (SSSR count). The first-order chi connectivity index (χ1) is 13.6. The molecule has 0 spiro atoms. The SMILES string of the molecule is CCOC(=O)C(=NOC)C(Cc1ccc2nsnc2c1)C(=O)c1ccccc1. The number of rotatable bonds is 8. The van der Waals surface area contributed by atoms with Crippen LogP contribution in [0.2, 0.25) is 0 Å². The number of Topliss-reactive ketones (excluding diaryl/α,β-unsaturated/α-hetero) is 1. The van der Waals surface area contributed by atoms with Gasteiger partial charge in [-0.15, -0.1) is 0 Å². The van der Waals surface area contributed by atoms with Crippen molar-refractivity contribution in [1.29, 1.82) is 0 Å². The number of ether oxygens (including phenoxy) is 1. The van der Waals surface area contributed by atoms with Gasteiger partial charge in [0.1, 0.15) is 18.1 Å². The molecule has 3 aromatic rings. The molecule has 0 aliphatic rings. The second kappa shape index (κ2) is 9.18. The summed E-state index contributed by atoms with van der Waals surface area (Å²) in [6, 6.07) is 14.4. The van der Waals surface area contributed by atoms with Crippen LogP contribution in [0.25, 0.3) is 11.0 Å². The Hall–Kier alpha value is -3.13. The number of hydrogen-bond donors (Lipinski definition) is 0. The average molecular weight is 397 g/mol. The summed E-state index contributed by atoms with van der Waals surface area (Å²) in [5.41, 5.74) is 2.79. The highest BCUT2D eigenvalue weighted by Crippen LogP contribution is 2.21. The lowest BCUT2D eigenvalue weighted by molar-refractivity contribution is -0.135. The van der Waals surface area contributed by atoms with E-state index in [1.54, 1.807) is 31.2 Å². The van der Waals surface area contributed by atoms with Crippen LogP contribution in [0.3, 0.4) is 0 Å². The van der Waals surface area contributed by atoms with Crippen molar-refractivity contribution in [3.8, 4) is 0 Å². The minimum Gasteiger partial charge on any atom is -0.461 e. The topological polar surface area (TPSA) is 90.7 Å². The van der Waals surface area contributed by atoms with Gasteiger partial charge in [0.05, 0.1) is 24.3 Å². The number of fused-ring (bicyclic) bond motifs is 1. The highest BCUT2D eigenvalue weighted by atomic mass is 32.1.